The fourth-order valence-corrected chi connectivity index (χ4v) is 5.41. The SMILES string of the molecule is O=C1CN2C(C3COC(F)(F)O3)C[NH2+]CC2(C2CCC2)N1Cc1ccccc1. The number of ether oxygens (including phenoxy) is 2. The van der Waals surface area contributed by atoms with Crippen molar-refractivity contribution in [2.24, 2.45) is 5.92 Å². The lowest BCUT2D eigenvalue weighted by molar-refractivity contribution is -0.689. The van der Waals surface area contributed by atoms with Gasteiger partial charge in [0.2, 0.25) is 5.91 Å². The van der Waals surface area contributed by atoms with Gasteiger partial charge < -0.3 is 10.2 Å². The molecule has 0 spiro atoms. The number of amides is 1. The molecule has 1 aromatic rings. The molecule has 28 heavy (non-hydrogen) atoms. The summed E-state index contributed by atoms with van der Waals surface area (Å²) in [5.41, 5.74) is 0.653. The fourth-order valence-electron chi connectivity index (χ4n) is 5.41. The van der Waals surface area contributed by atoms with E-state index in [0.29, 0.717) is 19.0 Å². The second kappa shape index (κ2) is 6.73. The van der Waals surface area contributed by atoms with E-state index in [-0.39, 0.29) is 25.1 Å². The number of rotatable bonds is 4. The molecule has 3 aliphatic heterocycles. The number of piperazine rings is 1. The van der Waals surface area contributed by atoms with Crippen LogP contribution in [0.4, 0.5) is 8.78 Å². The maximum Gasteiger partial charge on any atom is 0.486 e. The molecule has 3 atom stereocenters. The van der Waals surface area contributed by atoms with Crippen molar-refractivity contribution in [3.05, 3.63) is 35.9 Å². The third-order valence-electron chi connectivity index (χ3n) is 6.90. The number of carbonyl (C=O) groups excluding carboxylic acids is 1. The Balaban J connectivity index is 1.47. The summed E-state index contributed by atoms with van der Waals surface area (Å²) in [6, 6.07) is 9.71. The van der Waals surface area contributed by atoms with Crippen LogP contribution in [-0.2, 0) is 20.8 Å². The molecule has 3 unspecified atom stereocenters. The minimum Gasteiger partial charge on any atom is -0.342 e. The lowest BCUT2D eigenvalue weighted by atomic mass is 9.72. The van der Waals surface area contributed by atoms with Crippen molar-refractivity contribution in [1.82, 2.24) is 9.80 Å². The van der Waals surface area contributed by atoms with E-state index in [4.69, 9.17) is 4.74 Å². The van der Waals surface area contributed by atoms with Crippen LogP contribution in [-0.4, -0.2) is 66.1 Å². The van der Waals surface area contributed by atoms with E-state index in [9.17, 15) is 13.6 Å². The van der Waals surface area contributed by atoms with E-state index < -0.39 is 18.1 Å². The molecule has 5 rings (SSSR count). The monoisotopic (exact) mass is 394 g/mol. The molecule has 3 heterocycles. The highest BCUT2D eigenvalue weighted by atomic mass is 19.3. The largest absolute Gasteiger partial charge is 0.486 e. The molecule has 1 amide bonds. The molecule has 1 aromatic carbocycles. The van der Waals surface area contributed by atoms with Crippen LogP contribution in [0.5, 0.6) is 0 Å². The highest BCUT2D eigenvalue weighted by Crippen LogP contribution is 2.47. The van der Waals surface area contributed by atoms with Gasteiger partial charge in [-0.1, -0.05) is 36.8 Å². The van der Waals surface area contributed by atoms with Crippen LogP contribution in [0.2, 0.25) is 0 Å². The van der Waals surface area contributed by atoms with Gasteiger partial charge in [-0.05, 0) is 18.4 Å². The summed E-state index contributed by atoms with van der Waals surface area (Å²) in [5, 5.41) is 2.16. The van der Waals surface area contributed by atoms with Gasteiger partial charge in [0.15, 0.2) is 0 Å². The molecular weight excluding hydrogens is 368 g/mol. The molecule has 0 bridgehead atoms. The van der Waals surface area contributed by atoms with Crippen molar-refractivity contribution < 1.29 is 28.4 Å². The number of nitrogens with two attached hydrogens (primary N) is 1. The van der Waals surface area contributed by atoms with Gasteiger partial charge in [0, 0.05) is 12.5 Å². The van der Waals surface area contributed by atoms with Gasteiger partial charge in [-0.2, -0.15) is 0 Å². The lowest BCUT2D eigenvalue weighted by Crippen LogP contribution is -2.98. The van der Waals surface area contributed by atoms with E-state index in [0.717, 1.165) is 31.4 Å². The molecule has 8 heteroatoms. The van der Waals surface area contributed by atoms with Crippen LogP contribution in [0.3, 0.4) is 0 Å². The molecule has 4 fully saturated rings. The summed E-state index contributed by atoms with van der Waals surface area (Å²) in [6.45, 7) is 2.07. The van der Waals surface area contributed by atoms with E-state index >= 15 is 0 Å². The Bertz CT molecular complexity index is 745. The number of halogens is 2. The van der Waals surface area contributed by atoms with E-state index in [2.05, 4.69) is 15.0 Å². The third-order valence-corrected chi connectivity index (χ3v) is 6.90. The number of quaternary nitrogens is 1. The number of hydrogen-bond acceptors (Lipinski definition) is 4. The maximum atomic E-state index is 13.5. The Morgan fingerprint density at radius 2 is 2.00 bits per heavy atom. The van der Waals surface area contributed by atoms with E-state index in [1.165, 1.54) is 0 Å². The number of nitrogens with zero attached hydrogens (tertiary/aromatic N) is 2. The van der Waals surface area contributed by atoms with Crippen LogP contribution < -0.4 is 5.32 Å². The molecular formula is C20H26F2N3O3+. The Morgan fingerprint density at radius 3 is 2.64 bits per heavy atom. The van der Waals surface area contributed by atoms with Crippen molar-refractivity contribution in [1.29, 1.82) is 0 Å². The first kappa shape index (κ1) is 18.4. The number of alkyl halides is 2. The summed E-state index contributed by atoms with van der Waals surface area (Å²) in [7, 11) is 0. The average molecular weight is 394 g/mol. The number of fused-ring (bicyclic) bond motifs is 1. The van der Waals surface area contributed by atoms with Gasteiger partial charge in [-0.15, -0.1) is 8.78 Å². The lowest BCUT2D eigenvalue weighted by Gasteiger charge is -2.55. The Morgan fingerprint density at radius 1 is 1.21 bits per heavy atom. The van der Waals surface area contributed by atoms with Crippen LogP contribution in [0.1, 0.15) is 24.8 Å². The minimum atomic E-state index is -3.53. The second-order valence-electron chi connectivity index (χ2n) is 8.33. The Hall–Kier alpha value is -1.61. The van der Waals surface area contributed by atoms with E-state index in [1.807, 2.05) is 35.2 Å². The Labute approximate surface area is 162 Å². The predicted octanol–water partition coefficient (Wildman–Crippen LogP) is 0.739. The van der Waals surface area contributed by atoms with Crippen molar-refractivity contribution in [3.8, 4) is 0 Å². The van der Waals surface area contributed by atoms with E-state index in [1.54, 1.807) is 0 Å². The van der Waals surface area contributed by atoms with Crippen LogP contribution in [0, 0.1) is 5.92 Å². The smallest absolute Gasteiger partial charge is 0.342 e. The molecule has 0 aromatic heterocycles. The average Bonchev–Trinajstić information content (AvgIpc) is 3.12. The van der Waals surface area contributed by atoms with Crippen LogP contribution in [0.25, 0.3) is 0 Å². The quantitative estimate of drug-likeness (QED) is 0.819. The van der Waals surface area contributed by atoms with Gasteiger partial charge >= 0.3 is 6.29 Å². The van der Waals surface area contributed by atoms with Crippen molar-refractivity contribution in [2.75, 3.05) is 26.2 Å². The number of carbonyl (C=O) groups is 1. The fraction of sp³-hybridized carbons (Fsp3) is 0.650. The molecule has 3 saturated heterocycles. The highest BCUT2D eigenvalue weighted by Gasteiger charge is 2.64. The summed E-state index contributed by atoms with van der Waals surface area (Å²) in [5.74, 6) is 0.436. The molecule has 6 nitrogen and oxygen atoms in total. The predicted molar refractivity (Wildman–Crippen MR) is 95.0 cm³/mol. The highest BCUT2D eigenvalue weighted by molar-refractivity contribution is 5.82. The van der Waals surface area contributed by atoms with Crippen molar-refractivity contribution in [2.45, 2.75) is 49.9 Å². The van der Waals surface area contributed by atoms with Gasteiger partial charge in [-0.3, -0.25) is 19.2 Å². The summed E-state index contributed by atoms with van der Waals surface area (Å²) < 4.78 is 36.5. The zero-order chi connectivity index (χ0) is 19.4. The van der Waals surface area contributed by atoms with Gasteiger partial charge in [0.05, 0.1) is 25.7 Å². The molecule has 0 radical (unpaired) electrons. The normalized spacial score (nSPS) is 35.8. The first-order chi connectivity index (χ1) is 13.5. The van der Waals surface area contributed by atoms with Gasteiger partial charge in [0.1, 0.15) is 18.3 Å². The summed E-state index contributed by atoms with van der Waals surface area (Å²) in [4.78, 5) is 17.3. The molecule has 2 N–H and O–H groups in total. The van der Waals surface area contributed by atoms with Crippen LogP contribution >= 0.6 is 0 Å². The molecule has 1 saturated carbocycles. The topological polar surface area (TPSA) is 58.6 Å². The van der Waals surface area contributed by atoms with Crippen LogP contribution in [0.15, 0.2) is 30.3 Å². The summed E-state index contributed by atoms with van der Waals surface area (Å²) >= 11 is 0. The number of hydrogen-bond donors (Lipinski definition) is 1. The van der Waals surface area contributed by atoms with Gasteiger partial charge in [0.25, 0.3) is 0 Å². The second-order valence-corrected chi connectivity index (χ2v) is 8.33. The minimum absolute atomic E-state index is 0.0710. The van der Waals surface area contributed by atoms with Gasteiger partial charge in [-0.25, -0.2) is 0 Å². The number of benzene rings is 1. The first-order valence-electron chi connectivity index (χ1n) is 10.1. The van der Waals surface area contributed by atoms with Crippen molar-refractivity contribution in [3.63, 3.8) is 0 Å². The van der Waals surface area contributed by atoms with Crippen molar-refractivity contribution >= 4 is 5.91 Å². The summed E-state index contributed by atoms with van der Waals surface area (Å²) in [6.07, 6.45) is -0.981. The standard InChI is InChI=1S/C20H25F2N3O3/c21-20(22)27-12-17(28-20)16-9-23-13-19(15-7-4-8-15)24(16)11-18(26)25(19)10-14-5-2-1-3-6-14/h1-3,5-6,15-17,23H,4,7-13H2/p+1. The third kappa shape index (κ3) is 2.85. The molecule has 1 aliphatic carbocycles. The molecule has 152 valence electrons. The Kier molecular flexibility index (Phi) is 4.42. The first-order valence-corrected chi connectivity index (χ1v) is 10.1. The molecule has 4 aliphatic rings. The zero-order valence-electron chi connectivity index (χ0n) is 15.7. The maximum absolute atomic E-state index is 13.5. The zero-order valence-corrected chi connectivity index (χ0v) is 15.7.